The van der Waals surface area contributed by atoms with Crippen LogP contribution in [0.2, 0.25) is 0 Å². The second-order valence-electron chi connectivity index (χ2n) is 13.8. The van der Waals surface area contributed by atoms with Crippen molar-refractivity contribution >= 4 is 39.8 Å². The zero-order valence-electron chi connectivity index (χ0n) is 33.0. The molecular formula is C47H58N6O2. The van der Waals surface area contributed by atoms with Gasteiger partial charge in [-0.3, -0.25) is 9.79 Å². The molecule has 1 amide bonds. The number of carbonyl (C=O) groups is 1. The fourth-order valence-electron chi connectivity index (χ4n) is 7.29. The quantitative estimate of drug-likeness (QED) is 0.0456. The van der Waals surface area contributed by atoms with Crippen molar-refractivity contribution in [2.75, 3.05) is 13.1 Å². The van der Waals surface area contributed by atoms with Crippen LogP contribution in [0.25, 0.3) is 38.8 Å². The third-order valence-corrected chi connectivity index (χ3v) is 10.0. The number of aromatic hydroxyl groups is 1. The summed E-state index contributed by atoms with van der Waals surface area (Å²) in [5.74, 6) is 3.37. The van der Waals surface area contributed by atoms with Crippen LogP contribution in [0.4, 0.5) is 0 Å². The highest BCUT2D eigenvalue weighted by atomic mass is 16.3. The fourth-order valence-corrected chi connectivity index (χ4v) is 7.29. The maximum absolute atomic E-state index is 13.0. The second-order valence-corrected chi connectivity index (χ2v) is 13.8. The lowest BCUT2D eigenvalue weighted by molar-refractivity contribution is -0.126. The first-order valence-electron chi connectivity index (χ1n) is 19.6. The van der Waals surface area contributed by atoms with Gasteiger partial charge in [0.1, 0.15) is 17.0 Å². The van der Waals surface area contributed by atoms with Gasteiger partial charge >= 0.3 is 0 Å². The Morgan fingerprint density at radius 2 is 1.76 bits per heavy atom. The molecule has 0 aliphatic heterocycles. The van der Waals surface area contributed by atoms with Gasteiger partial charge in [-0.15, -0.1) is 12.3 Å². The molecular weight excluding hydrogens is 681 g/mol. The minimum absolute atomic E-state index is 0.119. The average molecular weight is 739 g/mol. The Morgan fingerprint density at radius 3 is 2.44 bits per heavy atom. The van der Waals surface area contributed by atoms with E-state index >= 15 is 0 Å². The standard InChI is InChI=1S/C31H40N4O2.C13H14N2.C3H4/c1-2-3-17-32-19-20-34-31(37)27(24-11-6-7-12-24)15-5-4-8-21-35-23-29(25-13-9-14-26(36)22-25)28-16-10-18-33-30(28)35;1-4-10(3)12-9-15(5-2)13-11(12)7-6-8-14-13;1-3-2/h2-3,9-10,13-14,16-18,22-24,27,36H,4-8,11-12,15,19-21H2,1H3,(H,34,37);4,6-9H,1,3,5H2,2H3;1H,2H3/b3-2-,32-17?;;. The first-order chi connectivity index (χ1) is 26.9. The Morgan fingerprint density at radius 1 is 1.05 bits per heavy atom. The summed E-state index contributed by atoms with van der Waals surface area (Å²) in [6.07, 6.45) is 28.9. The SMILES string of the molecule is C#CC.C/C=C\C=NCCNC(=O)C(CCCCCn1cc(-c2cccc(O)c2)c2cccnc21)C1CCCC1.C=CC(=C)c1cn(CC)c2ncccc12. The summed E-state index contributed by atoms with van der Waals surface area (Å²) < 4.78 is 4.35. The fraction of sp³-hybridized carbons (Fsp3) is 0.362. The molecule has 0 bridgehead atoms. The zero-order valence-corrected chi connectivity index (χ0v) is 33.0. The molecule has 5 aromatic rings. The van der Waals surface area contributed by atoms with E-state index in [0.717, 1.165) is 83.1 Å². The third-order valence-electron chi connectivity index (χ3n) is 10.0. The predicted octanol–water partition coefficient (Wildman–Crippen LogP) is 10.4. The molecule has 1 aliphatic rings. The number of nitrogens with one attached hydrogen (secondary N) is 1. The van der Waals surface area contributed by atoms with Crippen LogP contribution in [-0.2, 0) is 17.9 Å². The molecule has 0 spiro atoms. The van der Waals surface area contributed by atoms with Crippen LogP contribution in [0.1, 0.15) is 77.7 Å². The lowest BCUT2D eigenvalue weighted by Gasteiger charge is -2.22. The molecule has 4 heterocycles. The largest absolute Gasteiger partial charge is 0.508 e. The van der Waals surface area contributed by atoms with Crippen molar-refractivity contribution in [1.82, 2.24) is 24.4 Å². The summed E-state index contributed by atoms with van der Waals surface area (Å²) in [7, 11) is 0. The van der Waals surface area contributed by atoms with Gasteiger partial charge in [-0.05, 0) is 106 Å². The number of pyridine rings is 2. The number of rotatable bonds is 16. The number of amides is 1. The summed E-state index contributed by atoms with van der Waals surface area (Å²) in [4.78, 5) is 26.3. The topological polar surface area (TPSA) is 97.3 Å². The van der Waals surface area contributed by atoms with Crippen molar-refractivity contribution in [3.05, 3.63) is 110 Å². The molecule has 1 aliphatic carbocycles. The normalized spacial score (nSPS) is 13.3. The number of hydrogen-bond donors (Lipinski definition) is 2. The summed E-state index contributed by atoms with van der Waals surface area (Å²) >= 11 is 0. The Bertz CT molecular complexity index is 2090. The Labute approximate surface area is 327 Å². The van der Waals surface area contributed by atoms with Crippen molar-refractivity contribution in [2.45, 2.75) is 85.2 Å². The van der Waals surface area contributed by atoms with Gasteiger partial charge in [0.2, 0.25) is 5.91 Å². The van der Waals surface area contributed by atoms with Crippen molar-refractivity contribution in [2.24, 2.45) is 16.8 Å². The number of aromatic nitrogens is 4. The molecule has 1 fully saturated rings. The molecule has 0 radical (unpaired) electrons. The monoisotopic (exact) mass is 738 g/mol. The molecule has 1 atom stereocenters. The number of nitrogens with zero attached hydrogens (tertiary/aromatic N) is 5. The molecule has 2 N–H and O–H groups in total. The molecule has 0 saturated heterocycles. The molecule has 55 heavy (non-hydrogen) atoms. The summed E-state index contributed by atoms with van der Waals surface area (Å²) in [6, 6.07) is 15.5. The maximum Gasteiger partial charge on any atom is 0.223 e. The molecule has 1 unspecified atom stereocenters. The van der Waals surface area contributed by atoms with E-state index in [9.17, 15) is 9.90 Å². The highest BCUT2D eigenvalue weighted by Gasteiger charge is 2.30. The predicted molar refractivity (Wildman–Crippen MR) is 231 cm³/mol. The van der Waals surface area contributed by atoms with Crippen molar-refractivity contribution in [3.8, 4) is 29.2 Å². The van der Waals surface area contributed by atoms with E-state index in [4.69, 9.17) is 0 Å². The van der Waals surface area contributed by atoms with Gasteiger partial charge in [-0.1, -0.05) is 63.1 Å². The first kappa shape index (κ1) is 42.1. The van der Waals surface area contributed by atoms with Crippen LogP contribution in [-0.4, -0.2) is 49.4 Å². The molecule has 1 aromatic carbocycles. The van der Waals surface area contributed by atoms with Crippen molar-refractivity contribution < 1.29 is 9.90 Å². The van der Waals surface area contributed by atoms with Crippen LogP contribution in [0.5, 0.6) is 5.75 Å². The Hall–Kier alpha value is -5.68. The first-order valence-corrected chi connectivity index (χ1v) is 19.6. The highest BCUT2D eigenvalue weighted by Crippen LogP contribution is 2.35. The maximum atomic E-state index is 13.0. The molecule has 1 saturated carbocycles. The van der Waals surface area contributed by atoms with Gasteiger partial charge in [0.15, 0.2) is 0 Å². The molecule has 288 valence electrons. The van der Waals surface area contributed by atoms with Gasteiger partial charge in [0, 0.05) is 78.5 Å². The number of benzene rings is 1. The smallest absolute Gasteiger partial charge is 0.223 e. The van der Waals surface area contributed by atoms with Gasteiger partial charge in [0.05, 0.1) is 6.54 Å². The van der Waals surface area contributed by atoms with Crippen LogP contribution in [0.15, 0.2) is 110 Å². The average Bonchev–Trinajstić information content (AvgIpc) is 3.96. The number of aryl methyl sites for hydroxylation is 2. The Balaban J connectivity index is 0.000000309. The minimum atomic E-state index is 0.119. The lowest BCUT2D eigenvalue weighted by atomic mass is 9.85. The number of unbranched alkanes of at least 4 members (excludes halogenated alkanes) is 2. The van der Waals surface area contributed by atoms with E-state index in [0.29, 0.717) is 19.0 Å². The zero-order chi connectivity index (χ0) is 39.4. The van der Waals surface area contributed by atoms with Gasteiger partial charge in [-0.25, -0.2) is 9.97 Å². The van der Waals surface area contributed by atoms with Crippen LogP contribution in [0.3, 0.4) is 0 Å². The number of phenolic OH excluding ortho intramolecular Hbond substituents is 1. The number of terminal acetylenes is 1. The minimum Gasteiger partial charge on any atom is -0.508 e. The number of fused-ring (bicyclic) bond motifs is 2. The number of hydrogen-bond acceptors (Lipinski definition) is 5. The summed E-state index contributed by atoms with van der Waals surface area (Å²) in [5, 5.41) is 15.3. The van der Waals surface area contributed by atoms with E-state index in [1.54, 1.807) is 31.3 Å². The molecule has 4 aromatic heterocycles. The number of carbonyl (C=O) groups excluding carboxylic acids is 1. The Kier molecular flexibility index (Phi) is 17.2. The van der Waals surface area contributed by atoms with Gasteiger partial charge in [0.25, 0.3) is 0 Å². The molecule has 6 rings (SSSR count). The van der Waals surface area contributed by atoms with E-state index < -0.39 is 0 Å². The van der Waals surface area contributed by atoms with Gasteiger partial charge < -0.3 is 19.6 Å². The highest BCUT2D eigenvalue weighted by molar-refractivity contribution is 5.94. The van der Waals surface area contributed by atoms with Crippen molar-refractivity contribution in [3.63, 3.8) is 0 Å². The van der Waals surface area contributed by atoms with Crippen LogP contribution < -0.4 is 5.32 Å². The third kappa shape index (κ3) is 11.9. The van der Waals surface area contributed by atoms with Crippen molar-refractivity contribution in [1.29, 1.82) is 0 Å². The summed E-state index contributed by atoms with van der Waals surface area (Å²) in [6.45, 7) is 16.5. The second kappa shape index (κ2) is 22.5. The number of aliphatic imine (C=N–C) groups is 1. The molecule has 8 nitrogen and oxygen atoms in total. The van der Waals surface area contributed by atoms with E-state index in [-0.39, 0.29) is 17.6 Å². The summed E-state index contributed by atoms with van der Waals surface area (Å²) in [5.41, 5.74) is 6.14. The van der Waals surface area contributed by atoms with Gasteiger partial charge in [-0.2, -0.15) is 0 Å². The number of allylic oxidation sites excluding steroid dienone is 4. The van der Waals surface area contributed by atoms with Crippen LogP contribution in [0, 0.1) is 24.2 Å². The molecule has 8 heteroatoms. The van der Waals surface area contributed by atoms with E-state index in [1.165, 1.54) is 25.7 Å². The number of phenols is 1. The lowest BCUT2D eigenvalue weighted by Crippen LogP contribution is -2.35. The van der Waals surface area contributed by atoms with E-state index in [2.05, 4.69) is 86.4 Å². The van der Waals surface area contributed by atoms with E-state index in [1.807, 2.05) is 55.7 Å². The van der Waals surface area contributed by atoms with Crippen LogP contribution >= 0.6 is 0 Å².